The van der Waals surface area contributed by atoms with Gasteiger partial charge in [0.05, 0.1) is 0 Å². The summed E-state index contributed by atoms with van der Waals surface area (Å²) >= 11 is 1.72. The maximum absolute atomic E-state index is 4.19. The van der Waals surface area contributed by atoms with Gasteiger partial charge in [-0.05, 0) is 31.7 Å². The van der Waals surface area contributed by atoms with E-state index in [-0.39, 0.29) is 0 Å². The van der Waals surface area contributed by atoms with Gasteiger partial charge in [-0.3, -0.25) is 4.98 Å². The molecule has 3 heteroatoms. The lowest BCUT2D eigenvalue weighted by atomic mass is 9.90. The number of rotatable bonds is 2. The molecule has 0 atom stereocenters. The van der Waals surface area contributed by atoms with Crippen molar-refractivity contribution < 1.29 is 0 Å². The lowest BCUT2D eigenvalue weighted by Crippen LogP contribution is -2.16. The third-order valence-electron chi connectivity index (χ3n) is 1.74. The van der Waals surface area contributed by atoms with Gasteiger partial charge in [0, 0.05) is 11.9 Å². The molecule has 0 aliphatic heterocycles. The van der Waals surface area contributed by atoms with E-state index in [1.165, 1.54) is 11.0 Å². The van der Waals surface area contributed by atoms with Crippen LogP contribution in [0.25, 0.3) is 0 Å². The Kier molecular flexibility index (Phi) is 3.00. The molecule has 0 spiro atoms. The Morgan fingerprint density at radius 1 is 1.45 bits per heavy atom. The zero-order valence-electron chi connectivity index (χ0n) is 7.09. The lowest BCUT2D eigenvalue weighted by Gasteiger charge is -2.03. The van der Waals surface area contributed by atoms with E-state index in [0.29, 0.717) is 0 Å². The van der Waals surface area contributed by atoms with E-state index in [4.69, 9.17) is 0 Å². The van der Waals surface area contributed by atoms with Crippen molar-refractivity contribution in [3.63, 3.8) is 0 Å². The number of aryl methyl sites for hydroxylation is 1. The fraction of sp³-hybridized carbons (Fsp3) is 0.375. The van der Waals surface area contributed by atoms with Crippen molar-refractivity contribution in [1.82, 2.24) is 4.98 Å². The molecule has 0 bridgehead atoms. The third-order valence-corrected chi connectivity index (χ3v) is 2.23. The van der Waals surface area contributed by atoms with Crippen LogP contribution in [0.15, 0.2) is 12.3 Å². The minimum Gasteiger partial charge on any atom is -0.261 e. The lowest BCUT2D eigenvalue weighted by molar-refractivity contribution is 1.16. The molecule has 0 amide bonds. The van der Waals surface area contributed by atoms with Crippen LogP contribution in [0.5, 0.6) is 0 Å². The topological polar surface area (TPSA) is 12.9 Å². The van der Waals surface area contributed by atoms with Gasteiger partial charge in [0.15, 0.2) is 0 Å². The van der Waals surface area contributed by atoms with E-state index in [1.54, 1.807) is 11.6 Å². The van der Waals surface area contributed by atoms with Gasteiger partial charge >= 0.3 is 0 Å². The summed E-state index contributed by atoms with van der Waals surface area (Å²) in [7, 11) is 0. The monoisotopic (exact) mass is 164 g/mol. The number of hydrogen-bond donors (Lipinski definition) is 0. The first-order valence-electron chi connectivity index (χ1n) is 3.54. The molecular weight excluding hydrogens is 153 g/mol. The van der Waals surface area contributed by atoms with Gasteiger partial charge in [0.2, 0.25) is 6.56 Å². The van der Waals surface area contributed by atoms with Crippen LogP contribution in [0.2, 0.25) is 0 Å². The summed E-state index contributed by atoms with van der Waals surface area (Å²) in [6, 6.07) is 2.04. The summed E-state index contributed by atoms with van der Waals surface area (Å²) in [6.45, 7) is 6.28. The van der Waals surface area contributed by atoms with E-state index >= 15 is 0 Å². The standard InChI is InChI=1S/C8H11BNS/c1-6-7(2)10-5-4-8(6)9-11-3/h4-5H,1-3H3. The Morgan fingerprint density at radius 2 is 2.18 bits per heavy atom. The largest absolute Gasteiger partial charge is 0.261 e. The average molecular weight is 164 g/mol. The molecule has 0 N–H and O–H groups in total. The molecule has 0 fully saturated rings. The molecule has 57 valence electrons. The van der Waals surface area contributed by atoms with Crippen molar-refractivity contribution in [2.75, 3.05) is 6.26 Å². The maximum atomic E-state index is 4.19. The Morgan fingerprint density at radius 3 is 2.82 bits per heavy atom. The molecule has 0 aromatic carbocycles. The van der Waals surface area contributed by atoms with Gasteiger partial charge in [-0.1, -0.05) is 5.46 Å². The van der Waals surface area contributed by atoms with Crippen LogP contribution in [-0.4, -0.2) is 17.8 Å². The summed E-state index contributed by atoms with van der Waals surface area (Å²) in [5.74, 6) is 0. The molecule has 1 aromatic rings. The zero-order chi connectivity index (χ0) is 8.27. The first-order valence-corrected chi connectivity index (χ1v) is 4.82. The van der Waals surface area contributed by atoms with E-state index in [2.05, 4.69) is 24.7 Å². The highest BCUT2D eigenvalue weighted by molar-refractivity contribution is 8.23. The van der Waals surface area contributed by atoms with Crippen molar-refractivity contribution in [2.45, 2.75) is 13.8 Å². The first-order chi connectivity index (χ1) is 5.25. The van der Waals surface area contributed by atoms with E-state index in [1.807, 2.05) is 19.2 Å². The smallest absolute Gasteiger partial charge is 0.229 e. The van der Waals surface area contributed by atoms with Crippen molar-refractivity contribution in [3.05, 3.63) is 23.5 Å². The van der Waals surface area contributed by atoms with E-state index < -0.39 is 0 Å². The van der Waals surface area contributed by atoms with Crippen LogP contribution in [0.4, 0.5) is 0 Å². The summed E-state index contributed by atoms with van der Waals surface area (Å²) < 4.78 is 0. The normalized spacial score (nSPS) is 9.73. The number of nitrogens with zero attached hydrogens (tertiary/aromatic N) is 1. The fourth-order valence-corrected chi connectivity index (χ4v) is 1.42. The van der Waals surface area contributed by atoms with Gasteiger partial charge < -0.3 is 0 Å². The number of pyridine rings is 1. The zero-order valence-corrected chi connectivity index (χ0v) is 7.90. The maximum Gasteiger partial charge on any atom is 0.229 e. The minimum absolute atomic E-state index is 1.12. The van der Waals surface area contributed by atoms with Gasteiger partial charge in [-0.15, -0.1) is 0 Å². The van der Waals surface area contributed by atoms with Crippen LogP contribution >= 0.6 is 11.6 Å². The van der Waals surface area contributed by atoms with Crippen LogP contribution in [0, 0.1) is 13.8 Å². The highest BCUT2D eigenvalue weighted by Gasteiger charge is 2.00. The van der Waals surface area contributed by atoms with Crippen molar-refractivity contribution in [2.24, 2.45) is 0 Å². The molecule has 0 saturated heterocycles. The third kappa shape index (κ3) is 1.99. The first kappa shape index (κ1) is 8.66. The minimum atomic E-state index is 1.12. The van der Waals surface area contributed by atoms with E-state index in [9.17, 15) is 0 Å². The molecule has 1 aromatic heterocycles. The molecule has 0 saturated carbocycles. The molecule has 0 aliphatic carbocycles. The van der Waals surface area contributed by atoms with Gasteiger partial charge in [0.1, 0.15) is 0 Å². The molecule has 0 aliphatic rings. The van der Waals surface area contributed by atoms with Gasteiger partial charge in [0.25, 0.3) is 0 Å². The van der Waals surface area contributed by atoms with Crippen LogP contribution in [-0.2, 0) is 0 Å². The second-order valence-corrected chi connectivity index (χ2v) is 3.17. The summed E-state index contributed by atoms with van der Waals surface area (Å²) in [5.41, 5.74) is 3.68. The molecular formula is C8H11BNS. The van der Waals surface area contributed by atoms with Crippen molar-refractivity contribution >= 4 is 23.6 Å². The molecule has 1 nitrogen and oxygen atoms in total. The predicted molar refractivity (Wildman–Crippen MR) is 52.6 cm³/mol. The summed E-state index contributed by atoms with van der Waals surface area (Å²) in [5, 5.41) is 0. The molecule has 1 radical (unpaired) electrons. The Balaban J connectivity index is 2.96. The highest BCUT2D eigenvalue weighted by Crippen LogP contribution is 2.00. The van der Waals surface area contributed by atoms with Crippen molar-refractivity contribution in [1.29, 1.82) is 0 Å². The van der Waals surface area contributed by atoms with Crippen LogP contribution in [0.1, 0.15) is 11.3 Å². The number of aromatic nitrogens is 1. The molecule has 1 heterocycles. The fourth-order valence-electron chi connectivity index (χ4n) is 0.915. The van der Waals surface area contributed by atoms with Gasteiger partial charge in [-0.25, -0.2) is 11.6 Å². The Hall–Kier alpha value is -0.435. The predicted octanol–water partition coefficient (Wildman–Crippen LogP) is 1.31. The van der Waals surface area contributed by atoms with Crippen molar-refractivity contribution in [3.8, 4) is 0 Å². The van der Waals surface area contributed by atoms with Gasteiger partial charge in [-0.2, -0.15) is 0 Å². The van der Waals surface area contributed by atoms with Crippen LogP contribution < -0.4 is 5.46 Å². The Bertz CT molecular complexity index is 250. The molecule has 1 rings (SSSR count). The Labute approximate surface area is 72.8 Å². The van der Waals surface area contributed by atoms with Crippen LogP contribution in [0.3, 0.4) is 0 Å². The second kappa shape index (κ2) is 3.81. The second-order valence-electron chi connectivity index (χ2n) is 2.46. The average Bonchev–Trinajstić information content (AvgIpc) is 1.99. The SMILES string of the molecule is CS[B]c1ccnc(C)c1C. The highest BCUT2D eigenvalue weighted by atomic mass is 32.2. The molecule has 0 unspecified atom stereocenters. The molecule has 11 heavy (non-hydrogen) atoms. The summed E-state index contributed by atoms with van der Waals surface area (Å²) in [6.07, 6.45) is 3.92. The number of hydrogen-bond acceptors (Lipinski definition) is 2. The van der Waals surface area contributed by atoms with E-state index in [0.717, 1.165) is 5.69 Å². The summed E-state index contributed by atoms with van der Waals surface area (Å²) in [4.78, 5) is 4.19. The quantitative estimate of drug-likeness (QED) is 0.611.